The van der Waals surface area contributed by atoms with Gasteiger partial charge >= 0.3 is 0 Å². The first kappa shape index (κ1) is 20.0. The molecule has 162 valence electrons. The van der Waals surface area contributed by atoms with Gasteiger partial charge in [0.1, 0.15) is 11.3 Å². The minimum atomic E-state index is -0.418. The molecular formula is C26H24N2O4. The fourth-order valence-electron chi connectivity index (χ4n) is 4.25. The highest BCUT2D eigenvalue weighted by Gasteiger charge is 2.20. The highest BCUT2D eigenvalue weighted by atomic mass is 16.5. The average molecular weight is 428 g/mol. The molecule has 0 unspecified atom stereocenters. The van der Waals surface area contributed by atoms with Gasteiger partial charge in [-0.3, -0.25) is 4.79 Å². The summed E-state index contributed by atoms with van der Waals surface area (Å²) >= 11 is 0. The average Bonchev–Trinajstić information content (AvgIpc) is 2.86. The van der Waals surface area contributed by atoms with E-state index in [2.05, 4.69) is 15.9 Å². The van der Waals surface area contributed by atoms with Crippen LogP contribution in [0.15, 0.2) is 82.0 Å². The lowest BCUT2D eigenvalue weighted by Crippen LogP contribution is -2.46. The van der Waals surface area contributed by atoms with Crippen molar-refractivity contribution in [3.05, 3.63) is 83.0 Å². The number of ether oxygens (including phenoxy) is 1. The van der Waals surface area contributed by atoms with Crippen molar-refractivity contribution in [1.82, 2.24) is 0 Å². The Morgan fingerprint density at radius 2 is 1.50 bits per heavy atom. The molecule has 0 radical (unpaired) electrons. The quantitative estimate of drug-likeness (QED) is 0.516. The predicted octanol–water partition coefficient (Wildman–Crippen LogP) is 4.50. The van der Waals surface area contributed by atoms with Gasteiger partial charge in [-0.15, -0.1) is 0 Å². The van der Waals surface area contributed by atoms with Crippen molar-refractivity contribution < 1.29 is 14.3 Å². The van der Waals surface area contributed by atoms with Crippen molar-refractivity contribution in [2.24, 2.45) is 0 Å². The van der Waals surface area contributed by atoms with E-state index in [-0.39, 0.29) is 11.5 Å². The Kier molecular flexibility index (Phi) is 5.19. The second-order valence-corrected chi connectivity index (χ2v) is 7.80. The minimum absolute atomic E-state index is 0.196. The zero-order valence-electron chi connectivity index (χ0n) is 17.8. The molecule has 3 aromatic carbocycles. The SMILES string of the molecule is COc1ccccc1N1CCN(c2ccc(-c3oc4ccccc4c(=O)c3O)cc2)CC1. The lowest BCUT2D eigenvalue weighted by molar-refractivity contribution is 0.413. The standard InChI is InChI=1S/C26H24N2O4/c1-31-23-9-5-3-7-21(23)28-16-14-27(15-17-28)19-12-10-18(11-13-19)26-25(30)24(29)20-6-2-4-8-22(20)32-26/h2-13,30H,14-17H2,1H3. The molecule has 0 aliphatic carbocycles. The number of fused-ring (bicyclic) bond motifs is 1. The molecule has 0 saturated carbocycles. The third-order valence-corrected chi connectivity index (χ3v) is 5.97. The molecule has 0 bridgehead atoms. The van der Waals surface area contributed by atoms with Gasteiger partial charge in [0.25, 0.3) is 0 Å². The topological polar surface area (TPSA) is 66.2 Å². The van der Waals surface area contributed by atoms with Gasteiger partial charge in [-0.05, 0) is 48.5 Å². The highest BCUT2D eigenvalue weighted by Crippen LogP contribution is 2.32. The van der Waals surface area contributed by atoms with Crippen molar-refractivity contribution in [2.75, 3.05) is 43.1 Å². The van der Waals surface area contributed by atoms with Crippen LogP contribution < -0.4 is 20.0 Å². The van der Waals surface area contributed by atoms with Gasteiger partial charge in [0.05, 0.1) is 18.2 Å². The molecule has 0 amide bonds. The number of piperazine rings is 1. The zero-order valence-corrected chi connectivity index (χ0v) is 17.8. The van der Waals surface area contributed by atoms with Crippen LogP contribution in [0.25, 0.3) is 22.3 Å². The van der Waals surface area contributed by atoms with Crippen LogP contribution in [0.5, 0.6) is 11.5 Å². The molecule has 1 N–H and O–H groups in total. The van der Waals surface area contributed by atoms with Gasteiger partial charge in [-0.2, -0.15) is 0 Å². The van der Waals surface area contributed by atoms with Gasteiger partial charge in [0.2, 0.25) is 11.2 Å². The minimum Gasteiger partial charge on any atom is -0.502 e. The lowest BCUT2D eigenvalue weighted by atomic mass is 10.1. The monoisotopic (exact) mass is 428 g/mol. The molecule has 1 fully saturated rings. The molecule has 1 aliphatic rings. The summed E-state index contributed by atoms with van der Waals surface area (Å²) in [6, 6.07) is 22.8. The summed E-state index contributed by atoms with van der Waals surface area (Å²) in [5.74, 6) is 0.727. The van der Waals surface area contributed by atoms with Crippen LogP contribution >= 0.6 is 0 Å². The number of hydrogen-bond donors (Lipinski definition) is 1. The first-order valence-electron chi connectivity index (χ1n) is 10.6. The first-order valence-corrected chi connectivity index (χ1v) is 10.6. The molecule has 1 aliphatic heterocycles. The number of anilines is 2. The van der Waals surface area contributed by atoms with Crippen LogP contribution in [0.3, 0.4) is 0 Å². The fourth-order valence-corrected chi connectivity index (χ4v) is 4.25. The summed E-state index contributed by atoms with van der Waals surface area (Å²) in [7, 11) is 1.70. The smallest absolute Gasteiger partial charge is 0.235 e. The molecule has 6 heteroatoms. The second kappa shape index (κ2) is 8.30. The fraction of sp³-hybridized carbons (Fsp3) is 0.192. The number of aromatic hydroxyl groups is 1. The highest BCUT2D eigenvalue weighted by molar-refractivity contribution is 5.82. The molecule has 4 aromatic rings. The summed E-state index contributed by atoms with van der Waals surface area (Å²) in [5.41, 5.74) is 2.92. The van der Waals surface area contributed by atoms with Crippen molar-refractivity contribution in [3.8, 4) is 22.8 Å². The van der Waals surface area contributed by atoms with E-state index in [0.29, 0.717) is 16.5 Å². The maximum atomic E-state index is 12.5. The third kappa shape index (κ3) is 3.54. The van der Waals surface area contributed by atoms with Crippen molar-refractivity contribution in [2.45, 2.75) is 0 Å². The van der Waals surface area contributed by atoms with E-state index in [9.17, 15) is 9.90 Å². The van der Waals surface area contributed by atoms with Crippen LogP contribution in [0.1, 0.15) is 0 Å². The number of para-hydroxylation sites is 3. The van der Waals surface area contributed by atoms with Gasteiger partial charge < -0.3 is 24.1 Å². The molecular weight excluding hydrogens is 404 g/mol. The Hall–Kier alpha value is -3.93. The van der Waals surface area contributed by atoms with Crippen LogP contribution in [-0.2, 0) is 0 Å². The third-order valence-electron chi connectivity index (χ3n) is 5.97. The first-order chi connectivity index (χ1) is 15.7. The van der Waals surface area contributed by atoms with E-state index in [4.69, 9.17) is 9.15 Å². The van der Waals surface area contributed by atoms with Crippen molar-refractivity contribution >= 4 is 22.3 Å². The maximum absolute atomic E-state index is 12.5. The van der Waals surface area contributed by atoms with E-state index in [1.807, 2.05) is 42.5 Å². The summed E-state index contributed by atoms with van der Waals surface area (Å²) in [6.45, 7) is 3.55. The van der Waals surface area contributed by atoms with Crippen LogP contribution in [0.2, 0.25) is 0 Å². The number of rotatable bonds is 4. The second-order valence-electron chi connectivity index (χ2n) is 7.80. The molecule has 32 heavy (non-hydrogen) atoms. The summed E-state index contributed by atoms with van der Waals surface area (Å²) < 4.78 is 11.4. The largest absolute Gasteiger partial charge is 0.502 e. The number of nitrogens with zero attached hydrogens (tertiary/aromatic N) is 2. The number of hydrogen-bond acceptors (Lipinski definition) is 6. The molecule has 1 aromatic heterocycles. The van der Waals surface area contributed by atoms with Crippen molar-refractivity contribution in [3.63, 3.8) is 0 Å². The van der Waals surface area contributed by atoms with Gasteiger partial charge in [-0.1, -0.05) is 24.3 Å². The van der Waals surface area contributed by atoms with Crippen molar-refractivity contribution in [1.29, 1.82) is 0 Å². The van der Waals surface area contributed by atoms with E-state index in [1.54, 1.807) is 31.4 Å². The Balaban J connectivity index is 1.35. The number of benzene rings is 3. The van der Waals surface area contributed by atoms with E-state index < -0.39 is 5.43 Å². The van der Waals surface area contributed by atoms with E-state index >= 15 is 0 Å². The molecule has 6 nitrogen and oxygen atoms in total. The Bertz CT molecular complexity index is 1310. The summed E-state index contributed by atoms with van der Waals surface area (Å²) in [5, 5.41) is 10.8. The molecule has 0 spiro atoms. The van der Waals surface area contributed by atoms with Gasteiger partial charge in [0, 0.05) is 37.4 Å². The van der Waals surface area contributed by atoms with Crippen LogP contribution in [0.4, 0.5) is 11.4 Å². The number of methoxy groups -OCH3 is 1. The van der Waals surface area contributed by atoms with Crippen LogP contribution in [-0.4, -0.2) is 38.4 Å². The van der Waals surface area contributed by atoms with Gasteiger partial charge in [-0.25, -0.2) is 0 Å². The molecule has 5 rings (SSSR count). The zero-order chi connectivity index (χ0) is 22.1. The molecule has 1 saturated heterocycles. The Morgan fingerprint density at radius 1 is 0.844 bits per heavy atom. The lowest BCUT2D eigenvalue weighted by Gasteiger charge is -2.37. The molecule has 2 heterocycles. The van der Waals surface area contributed by atoms with E-state index in [1.165, 1.54) is 0 Å². The maximum Gasteiger partial charge on any atom is 0.235 e. The van der Waals surface area contributed by atoms with Gasteiger partial charge in [0.15, 0.2) is 5.76 Å². The normalized spacial score (nSPS) is 14.0. The Labute approximate surface area is 185 Å². The predicted molar refractivity (Wildman–Crippen MR) is 127 cm³/mol. The van der Waals surface area contributed by atoms with Crippen LogP contribution in [0, 0.1) is 0 Å². The Morgan fingerprint density at radius 3 is 2.25 bits per heavy atom. The molecule has 0 atom stereocenters. The van der Waals surface area contributed by atoms with E-state index in [0.717, 1.165) is 43.3 Å². The summed E-state index contributed by atoms with van der Waals surface area (Å²) in [4.78, 5) is 17.2. The summed E-state index contributed by atoms with van der Waals surface area (Å²) in [6.07, 6.45) is 0.